The molecule has 2 aromatic rings. The number of likely N-dealkylation sites (tertiary alicyclic amines) is 1. The molecule has 0 unspecified atom stereocenters. The number of nitrogens with zero attached hydrogens (tertiary/aromatic N) is 1. The molecule has 1 aliphatic rings. The maximum atomic E-state index is 13.1. The van der Waals surface area contributed by atoms with Gasteiger partial charge in [0, 0.05) is 28.7 Å². The standard InChI is InChI=1S/C21H30N2O/c1-3-4-9-17-10-11-20-18(14-17)21(24)19(16(2)22-20)15-23-12-7-5-6-8-13-23/h10-11,14H,3-9,12-13,15H2,1-2H3,(H,22,24). The van der Waals surface area contributed by atoms with Gasteiger partial charge in [0.25, 0.3) is 0 Å². The van der Waals surface area contributed by atoms with E-state index in [-0.39, 0.29) is 5.43 Å². The summed E-state index contributed by atoms with van der Waals surface area (Å²) in [5.41, 5.74) is 4.45. The van der Waals surface area contributed by atoms with Crippen LogP contribution >= 0.6 is 0 Å². The molecule has 0 aliphatic carbocycles. The normalized spacial score (nSPS) is 16.4. The summed E-state index contributed by atoms with van der Waals surface area (Å²) >= 11 is 0. The molecule has 0 radical (unpaired) electrons. The second-order valence-corrected chi connectivity index (χ2v) is 7.23. The zero-order valence-corrected chi connectivity index (χ0v) is 15.2. The largest absolute Gasteiger partial charge is 0.358 e. The van der Waals surface area contributed by atoms with E-state index in [0.29, 0.717) is 0 Å². The van der Waals surface area contributed by atoms with Crippen LogP contribution in [0.3, 0.4) is 0 Å². The molecule has 3 heteroatoms. The summed E-state index contributed by atoms with van der Waals surface area (Å²) in [7, 11) is 0. The quantitative estimate of drug-likeness (QED) is 0.874. The number of hydrogen-bond acceptors (Lipinski definition) is 2. The molecule has 0 atom stereocenters. The third-order valence-corrected chi connectivity index (χ3v) is 5.28. The number of rotatable bonds is 5. The van der Waals surface area contributed by atoms with Crippen LogP contribution in [0.2, 0.25) is 0 Å². The second kappa shape index (κ2) is 7.98. The van der Waals surface area contributed by atoms with Crippen molar-refractivity contribution in [3.63, 3.8) is 0 Å². The molecule has 0 saturated carbocycles. The highest BCUT2D eigenvalue weighted by Crippen LogP contribution is 2.18. The van der Waals surface area contributed by atoms with Crippen LogP contribution in [0.1, 0.15) is 62.3 Å². The van der Waals surface area contributed by atoms with Crippen molar-refractivity contribution < 1.29 is 0 Å². The summed E-state index contributed by atoms with van der Waals surface area (Å²) in [4.78, 5) is 19.0. The maximum absolute atomic E-state index is 13.1. The summed E-state index contributed by atoms with van der Waals surface area (Å²) in [6.45, 7) is 7.27. The molecule has 1 aromatic heterocycles. The first-order valence-corrected chi connectivity index (χ1v) is 9.56. The average molecular weight is 326 g/mol. The van der Waals surface area contributed by atoms with Crippen LogP contribution in [0.5, 0.6) is 0 Å². The van der Waals surface area contributed by atoms with E-state index in [1.165, 1.54) is 44.1 Å². The molecule has 0 spiro atoms. The van der Waals surface area contributed by atoms with Crippen molar-refractivity contribution in [1.82, 2.24) is 9.88 Å². The van der Waals surface area contributed by atoms with Crippen LogP contribution in [-0.2, 0) is 13.0 Å². The van der Waals surface area contributed by atoms with Gasteiger partial charge in [-0.1, -0.05) is 32.3 Å². The van der Waals surface area contributed by atoms with Gasteiger partial charge in [0.15, 0.2) is 5.43 Å². The van der Waals surface area contributed by atoms with E-state index >= 15 is 0 Å². The third kappa shape index (κ3) is 3.89. The smallest absolute Gasteiger partial charge is 0.194 e. The highest BCUT2D eigenvalue weighted by Gasteiger charge is 2.15. The zero-order valence-electron chi connectivity index (χ0n) is 15.2. The summed E-state index contributed by atoms with van der Waals surface area (Å²) in [6.07, 6.45) is 8.58. The minimum Gasteiger partial charge on any atom is -0.358 e. The molecule has 0 bridgehead atoms. The van der Waals surface area contributed by atoms with Gasteiger partial charge in [-0.15, -0.1) is 0 Å². The molecule has 1 saturated heterocycles. The van der Waals surface area contributed by atoms with Gasteiger partial charge < -0.3 is 4.98 Å². The van der Waals surface area contributed by atoms with Gasteiger partial charge in [-0.3, -0.25) is 9.69 Å². The zero-order chi connectivity index (χ0) is 16.9. The van der Waals surface area contributed by atoms with E-state index in [2.05, 4.69) is 35.0 Å². The highest BCUT2D eigenvalue weighted by molar-refractivity contribution is 5.80. The minimum atomic E-state index is 0.226. The predicted molar refractivity (Wildman–Crippen MR) is 102 cm³/mol. The average Bonchev–Trinajstić information content (AvgIpc) is 2.85. The maximum Gasteiger partial charge on any atom is 0.194 e. The first kappa shape index (κ1) is 17.2. The van der Waals surface area contributed by atoms with E-state index in [9.17, 15) is 4.79 Å². The Morgan fingerprint density at radius 1 is 1.12 bits per heavy atom. The van der Waals surface area contributed by atoms with Gasteiger partial charge in [0.1, 0.15) is 0 Å². The van der Waals surface area contributed by atoms with E-state index in [1.807, 2.05) is 6.92 Å². The van der Waals surface area contributed by atoms with E-state index < -0.39 is 0 Å². The number of H-pyrrole nitrogens is 1. The second-order valence-electron chi connectivity index (χ2n) is 7.23. The number of nitrogens with one attached hydrogen (secondary N) is 1. The van der Waals surface area contributed by atoms with Crippen molar-refractivity contribution >= 4 is 10.9 Å². The Bertz CT molecular complexity index is 739. The fraction of sp³-hybridized carbons (Fsp3) is 0.571. The molecule has 0 amide bonds. The van der Waals surface area contributed by atoms with E-state index in [4.69, 9.17) is 0 Å². The summed E-state index contributed by atoms with van der Waals surface area (Å²) in [5.74, 6) is 0. The minimum absolute atomic E-state index is 0.226. The summed E-state index contributed by atoms with van der Waals surface area (Å²) < 4.78 is 0. The van der Waals surface area contributed by atoms with Crippen LogP contribution in [0, 0.1) is 6.92 Å². The Balaban J connectivity index is 1.93. The van der Waals surface area contributed by atoms with Crippen molar-refractivity contribution in [2.75, 3.05) is 13.1 Å². The van der Waals surface area contributed by atoms with E-state index in [1.54, 1.807) is 0 Å². The molecule has 1 aromatic carbocycles. The lowest BCUT2D eigenvalue weighted by molar-refractivity contribution is 0.275. The van der Waals surface area contributed by atoms with Crippen molar-refractivity contribution in [3.05, 3.63) is 45.2 Å². The van der Waals surface area contributed by atoms with Gasteiger partial charge in [-0.05, 0) is 63.4 Å². The highest BCUT2D eigenvalue weighted by atomic mass is 16.1. The van der Waals surface area contributed by atoms with Crippen molar-refractivity contribution in [1.29, 1.82) is 0 Å². The first-order valence-electron chi connectivity index (χ1n) is 9.56. The number of pyridine rings is 1. The topological polar surface area (TPSA) is 36.1 Å². The van der Waals surface area contributed by atoms with E-state index in [0.717, 1.165) is 48.2 Å². The Kier molecular flexibility index (Phi) is 5.72. The molecule has 3 rings (SSSR count). The molecule has 130 valence electrons. The van der Waals surface area contributed by atoms with Crippen molar-refractivity contribution in [2.24, 2.45) is 0 Å². The number of fused-ring (bicyclic) bond motifs is 1. The Labute approximate surface area is 145 Å². The molecule has 3 nitrogen and oxygen atoms in total. The molecule has 1 N–H and O–H groups in total. The number of benzene rings is 1. The number of aromatic nitrogens is 1. The molecule has 2 heterocycles. The SMILES string of the molecule is CCCCc1ccc2[nH]c(C)c(CN3CCCCCC3)c(=O)c2c1. The number of hydrogen-bond donors (Lipinski definition) is 1. The number of aromatic amines is 1. The van der Waals surface area contributed by atoms with Gasteiger partial charge in [0.05, 0.1) is 0 Å². The van der Waals surface area contributed by atoms with Crippen molar-refractivity contribution in [3.8, 4) is 0 Å². The van der Waals surface area contributed by atoms with Crippen LogP contribution in [0.15, 0.2) is 23.0 Å². The molecule has 1 aliphatic heterocycles. The van der Waals surface area contributed by atoms with Gasteiger partial charge in [-0.2, -0.15) is 0 Å². The lowest BCUT2D eigenvalue weighted by atomic mass is 10.0. The van der Waals surface area contributed by atoms with Gasteiger partial charge in [0.2, 0.25) is 0 Å². The van der Waals surface area contributed by atoms with Crippen LogP contribution in [0.25, 0.3) is 10.9 Å². The monoisotopic (exact) mass is 326 g/mol. The lowest BCUT2D eigenvalue weighted by Crippen LogP contribution is -2.28. The fourth-order valence-electron chi connectivity index (χ4n) is 3.74. The molecular formula is C21H30N2O. The fourth-order valence-corrected chi connectivity index (χ4v) is 3.74. The van der Waals surface area contributed by atoms with Crippen molar-refractivity contribution in [2.45, 2.75) is 65.3 Å². The van der Waals surface area contributed by atoms with Crippen LogP contribution < -0.4 is 5.43 Å². The van der Waals surface area contributed by atoms with Crippen LogP contribution in [0.4, 0.5) is 0 Å². The Morgan fingerprint density at radius 2 is 1.88 bits per heavy atom. The first-order chi connectivity index (χ1) is 11.7. The lowest BCUT2D eigenvalue weighted by Gasteiger charge is -2.20. The Morgan fingerprint density at radius 3 is 2.58 bits per heavy atom. The Hall–Kier alpha value is -1.61. The summed E-state index contributed by atoms with van der Waals surface area (Å²) in [6, 6.07) is 6.33. The third-order valence-electron chi connectivity index (χ3n) is 5.28. The number of unbranched alkanes of at least 4 members (excludes halogenated alkanes) is 1. The number of aryl methyl sites for hydroxylation is 2. The molecule has 24 heavy (non-hydrogen) atoms. The molecule has 1 fully saturated rings. The summed E-state index contributed by atoms with van der Waals surface area (Å²) in [5, 5.41) is 0.860. The van der Waals surface area contributed by atoms with Crippen LogP contribution in [-0.4, -0.2) is 23.0 Å². The molecular weight excluding hydrogens is 296 g/mol. The van der Waals surface area contributed by atoms with Gasteiger partial charge >= 0.3 is 0 Å². The predicted octanol–water partition coefficient (Wildman–Crippen LogP) is 4.56. The van der Waals surface area contributed by atoms with Gasteiger partial charge in [-0.25, -0.2) is 0 Å².